The van der Waals surface area contributed by atoms with E-state index in [9.17, 15) is 4.79 Å². The standard InChI is InChI=1S/C16H18N2O3/c19-16(20)15-10-18(11-17-15)12-6-8-14(9-7-12)21-13-4-2-1-3-5-13/h1-5,10-12,14H,6-9H2,(H,19,20). The van der Waals surface area contributed by atoms with Crippen molar-refractivity contribution in [2.45, 2.75) is 37.8 Å². The Balaban J connectivity index is 1.56. The van der Waals surface area contributed by atoms with Crippen molar-refractivity contribution in [3.63, 3.8) is 0 Å². The van der Waals surface area contributed by atoms with Gasteiger partial charge in [0, 0.05) is 12.2 Å². The summed E-state index contributed by atoms with van der Waals surface area (Å²) < 4.78 is 7.88. The van der Waals surface area contributed by atoms with E-state index in [-0.39, 0.29) is 11.8 Å². The maximum absolute atomic E-state index is 10.9. The van der Waals surface area contributed by atoms with Crippen molar-refractivity contribution in [2.24, 2.45) is 0 Å². The minimum absolute atomic E-state index is 0.109. The number of para-hydroxylation sites is 1. The maximum Gasteiger partial charge on any atom is 0.356 e. The van der Waals surface area contributed by atoms with Crippen molar-refractivity contribution in [1.82, 2.24) is 9.55 Å². The van der Waals surface area contributed by atoms with Gasteiger partial charge in [-0.3, -0.25) is 0 Å². The van der Waals surface area contributed by atoms with Crippen LogP contribution in [0.3, 0.4) is 0 Å². The molecule has 5 heteroatoms. The van der Waals surface area contributed by atoms with Crippen LogP contribution in [0.1, 0.15) is 42.2 Å². The van der Waals surface area contributed by atoms with Crippen molar-refractivity contribution in [3.8, 4) is 5.75 Å². The molecular weight excluding hydrogens is 268 g/mol. The number of hydrogen-bond acceptors (Lipinski definition) is 3. The van der Waals surface area contributed by atoms with Gasteiger partial charge in [-0.05, 0) is 37.8 Å². The summed E-state index contributed by atoms with van der Waals surface area (Å²) in [6.45, 7) is 0. The minimum Gasteiger partial charge on any atom is -0.490 e. The molecule has 110 valence electrons. The number of carbonyl (C=O) groups is 1. The van der Waals surface area contributed by atoms with Gasteiger partial charge in [0.2, 0.25) is 0 Å². The lowest BCUT2D eigenvalue weighted by atomic mass is 9.93. The van der Waals surface area contributed by atoms with Crippen LogP contribution in [0.15, 0.2) is 42.9 Å². The highest BCUT2D eigenvalue weighted by molar-refractivity contribution is 5.84. The molecule has 1 aromatic heterocycles. The molecule has 0 radical (unpaired) electrons. The van der Waals surface area contributed by atoms with Crippen LogP contribution < -0.4 is 4.74 Å². The number of hydrogen-bond donors (Lipinski definition) is 1. The first-order valence-electron chi connectivity index (χ1n) is 7.21. The molecule has 0 spiro atoms. The van der Waals surface area contributed by atoms with E-state index in [1.165, 1.54) is 0 Å². The second-order valence-corrected chi connectivity index (χ2v) is 5.37. The van der Waals surface area contributed by atoms with E-state index in [0.29, 0.717) is 6.04 Å². The summed E-state index contributed by atoms with van der Waals surface area (Å²) in [6, 6.07) is 10.2. The van der Waals surface area contributed by atoms with Crippen LogP contribution in [0.25, 0.3) is 0 Å². The lowest BCUT2D eigenvalue weighted by Gasteiger charge is -2.29. The highest BCUT2D eigenvalue weighted by atomic mass is 16.5. The molecule has 0 amide bonds. The molecule has 1 heterocycles. The largest absolute Gasteiger partial charge is 0.490 e. The molecule has 1 aromatic carbocycles. The Morgan fingerprint density at radius 3 is 2.52 bits per heavy atom. The zero-order chi connectivity index (χ0) is 14.7. The molecule has 1 fully saturated rings. The summed E-state index contributed by atoms with van der Waals surface area (Å²) in [4.78, 5) is 14.8. The Morgan fingerprint density at radius 2 is 1.90 bits per heavy atom. The summed E-state index contributed by atoms with van der Waals surface area (Å²) in [7, 11) is 0. The van der Waals surface area contributed by atoms with Crippen molar-refractivity contribution >= 4 is 5.97 Å². The van der Waals surface area contributed by atoms with Crippen LogP contribution in [0.4, 0.5) is 0 Å². The minimum atomic E-state index is -0.977. The Bertz CT molecular complexity index is 601. The second-order valence-electron chi connectivity index (χ2n) is 5.37. The average Bonchev–Trinajstić information content (AvgIpc) is 2.99. The smallest absolute Gasteiger partial charge is 0.356 e. The molecular formula is C16H18N2O3. The molecule has 1 saturated carbocycles. The molecule has 1 N–H and O–H groups in total. The van der Waals surface area contributed by atoms with Gasteiger partial charge < -0.3 is 14.4 Å². The van der Waals surface area contributed by atoms with Crippen molar-refractivity contribution in [2.75, 3.05) is 0 Å². The second kappa shape index (κ2) is 5.99. The molecule has 1 aliphatic carbocycles. The van der Waals surface area contributed by atoms with E-state index in [2.05, 4.69) is 4.98 Å². The predicted octanol–water partition coefficient (Wildman–Crippen LogP) is 3.14. The third-order valence-electron chi connectivity index (χ3n) is 3.93. The monoisotopic (exact) mass is 286 g/mol. The molecule has 5 nitrogen and oxygen atoms in total. The molecule has 3 rings (SSSR count). The van der Waals surface area contributed by atoms with Gasteiger partial charge in [0.15, 0.2) is 5.69 Å². The number of nitrogens with zero attached hydrogens (tertiary/aromatic N) is 2. The van der Waals surface area contributed by atoms with Crippen molar-refractivity contribution < 1.29 is 14.6 Å². The van der Waals surface area contributed by atoms with E-state index in [1.807, 2.05) is 34.9 Å². The number of carboxylic acids is 1. The van der Waals surface area contributed by atoms with Gasteiger partial charge in [0.05, 0.1) is 12.4 Å². The van der Waals surface area contributed by atoms with Gasteiger partial charge in [-0.2, -0.15) is 0 Å². The number of carboxylic acid groups (broad SMARTS) is 1. The summed E-state index contributed by atoms with van der Waals surface area (Å²) >= 11 is 0. The molecule has 21 heavy (non-hydrogen) atoms. The van der Waals surface area contributed by atoms with E-state index >= 15 is 0 Å². The zero-order valence-electron chi connectivity index (χ0n) is 11.7. The van der Waals surface area contributed by atoms with Gasteiger partial charge in [-0.25, -0.2) is 9.78 Å². The third kappa shape index (κ3) is 3.24. The Morgan fingerprint density at radius 1 is 1.19 bits per heavy atom. The van der Waals surface area contributed by atoms with E-state index in [1.54, 1.807) is 12.5 Å². The summed E-state index contributed by atoms with van der Waals surface area (Å²) in [5.74, 6) is -0.0633. The van der Waals surface area contributed by atoms with Crippen LogP contribution in [0, 0.1) is 0 Å². The molecule has 0 bridgehead atoms. The predicted molar refractivity (Wildman–Crippen MR) is 77.5 cm³/mol. The van der Waals surface area contributed by atoms with Gasteiger partial charge in [0.1, 0.15) is 5.75 Å². The lowest BCUT2D eigenvalue weighted by Crippen LogP contribution is -2.25. The Kier molecular flexibility index (Phi) is 3.90. The van der Waals surface area contributed by atoms with Crippen molar-refractivity contribution in [3.05, 3.63) is 48.5 Å². The van der Waals surface area contributed by atoms with Crippen LogP contribution in [0.2, 0.25) is 0 Å². The van der Waals surface area contributed by atoms with Crippen molar-refractivity contribution in [1.29, 1.82) is 0 Å². The van der Waals surface area contributed by atoms with E-state index < -0.39 is 5.97 Å². The van der Waals surface area contributed by atoms with Gasteiger partial charge >= 0.3 is 5.97 Å². The first-order chi connectivity index (χ1) is 10.2. The first kappa shape index (κ1) is 13.7. The fourth-order valence-corrected chi connectivity index (χ4v) is 2.80. The number of aromatic nitrogens is 2. The van der Waals surface area contributed by atoms with Crippen LogP contribution >= 0.6 is 0 Å². The van der Waals surface area contributed by atoms with Crippen LogP contribution in [-0.2, 0) is 0 Å². The lowest BCUT2D eigenvalue weighted by molar-refractivity contribution is 0.0690. The quantitative estimate of drug-likeness (QED) is 0.937. The number of aromatic carboxylic acids is 1. The Hall–Kier alpha value is -2.30. The Labute approximate surface area is 123 Å². The maximum atomic E-state index is 10.9. The average molecular weight is 286 g/mol. The fraction of sp³-hybridized carbons (Fsp3) is 0.375. The molecule has 0 unspecified atom stereocenters. The van der Waals surface area contributed by atoms with Gasteiger partial charge in [0.25, 0.3) is 0 Å². The van der Waals surface area contributed by atoms with E-state index in [4.69, 9.17) is 9.84 Å². The summed E-state index contributed by atoms with van der Waals surface area (Å²) in [5, 5.41) is 8.91. The van der Waals surface area contributed by atoms with Gasteiger partial charge in [-0.1, -0.05) is 18.2 Å². The number of ether oxygens (including phenoxy) is 1. The van der Waals surface area contributed by atoms with Crippen LogP contribution in [-0.4, -0.2) is 26.7 Å². The fourth-order valence-electron chi connectivity index (χ4n) is 2.80. The molecule has 1 aliphatic rings. The topological polar surface area (TPSA) is 64.3 Å². The molecule has 2 aromatic rings. The SMILES string of the molecule is O=C(O)c1cn(C2CCC(Oc3ccccc3)CC2)cn1. The highest BCUT2D eigenvalue weighted by Gasteiger charge is 2.24. The van der Waals surface area contributed by atoms with Gasteiger partial charge in [-0.15, -0.1) is 0 Å². The number of benzene rings is 1. The third-order valence-corrected chi connectivity index (χ3v) is 3.93. The first-order valence-corrected chi connectivity index (χ1v) is 7.21. The summed E-state index contributed by atoms with van der Waals surface area (Å²) in [5.41, 5.74) is 0.109. The molecule has 0 saturated heterocycles. The molecule has 0 atom stereocenters. The number of imidazole rings is 1. The van der Waals surface area contributed by atoms with Crippen LogP contribution in [0.5, 0.6) is 5.75 Å². The summed E-state index contributed by atoms with van der Waals surface area (Å²) in [6.07, 6.45) is 7.38. The van der Waals surface area contributed by atoms with E-state index in [0.717, 1.165) is 31.4 Å². The zero-order valence-corrected chi connectivity index (χ0v) is 11.7. The molecule has 0 aliphatic heterocycles. The normalized spacial score (nSPS) is 21.9. The number of rotatable bonds is 4. The highest BCUT2D eigenvalue weighted by Crippen LogP contribution is 2.30.